The summed E-state index contributed by atoms with van der Waals surface area (Å²) in [7, 11) is -4.52. The molecule has 0 heterocycles. The van der Waals surface area contributed by atoms with Crippen LogP contribution in [0.2, 0.25) is 0 Å². The van der Waals surface area contributed by atoms with Crippen LogP contribution in [0.1, 0.15) is 57.4 Å². The van der Waals surface area contributed by atoms with Gasteiger partial charge in [0, 0.05) is 6.07 Å². The molecule has 0 radical (unpaired) electrons. The quantitative estimate of drug-likeness (QED) is 0.377. The van der Waals surface area contributed by atoms with Gasteiger partial charge in [0.05, 0.1) is 0 Å². The van der Waals surface area contributed by atoms with Crippen molar-refractivity contribution in [3.8, 4) is 17.2 Å². The number of para-hydroxylation sites is 1. The lowest BCUT2D eigenvalue weighted by molar-refractivity contribution is 0.434. The summed E-state index contributed by atoms with van der Waals surface area (Å²) in [5, 5.41) is 9.62. The number of aromatic hydroxyl groups is 1. The van der Waals surface area contributed by atoms with Crippen LogP contribution in [0.3, 0.4) is 0 Å². The van der Waals surface area contributed by atoms with E-state index >= 15 is 0 Å². The zero-order valence-electron chi connectivity index (χ0n) is 15.7. The molecule has 0 saturated heterocycles. The van der Waals surface area contributed by atoms with E-state index in [9.17, 15) is 18.1 Å². The van der Waals surface area contributed by atoms with E-state index in [1.54, 1.807) is 0 Å². The van der Waals surface area contributed by atoms with Crippen molar-refractivity contribution < 1.29 is 22.8 Å². The monoisotopic (exact) mass is 392 g/mol. The van der Waals surface area contributed by atoms with Gasteiger partial charge in [-0.2, -0.15) is 8.42 Å². The summed E-state index contributed by atoms with van der Waals surface area (Å²) in [4.78, 5) is -0.565. The Morgan fingerprint density at radius 2 is 1.59 bits per heavy atom. The lowest BCUT2D eigenvalue weighted by atomic mass is 10.0. The summed E-state index contributed by atoms with van der Waals surface area (Å²) < 4.78 is 37.7. The van der Waals surface area contributed by atoms with Crippen molar-refractivity contribution in [2.24, 2.45) is 0 Å². The summed E-state index contributed by atoms with van der Waals surface area (Å²) >= 11 is 0. The fourth-order valence-corrected chi connectivity index (χ4v) is 3.57. The van der Waals surface area contributed by atoms with E-state index in [-0.39, 0.29) is 5.75 Å². The highest BCUT2D eigenvalue weighted by atomic mass is 32.2. The molecule has 6 heteroatoms. The van der Waals surface area contributed by atoms with Crippen LogP contribution >= 0.6 is 0 Å². The first-order chi connectivity index (χ1) is 12.9. The van der Waals surface area contributed by atoms with Crippen LogP contribution in [0, 0.1) is 0 Å². The first-order valence-corrected chi connectivity index (χ1v) is 10.9. The van der Waals surface area contributed by atoms with Gasteiger partial charge in [-0.05, 0) is 36.6 Å². The van der Waals surface area contributed by atoms with Gasteiger partial charge in [0.2, 0.25) is 0 Å². The minimum Gasteiger partial charge on any atom is -0.506 e. The van der Waals surface area contributed by atoms with Crippen LogP contribution in [-0.4, -0.2) is 18.1 Å². The second-order valence-electron chi connectivity index (χ2n) is 6.69. The van der Waals surface area contributed by atoms with Gasteiger partial charge in [-0.25, -0.2) is 0 Å². The number of benzene rings is 2. The molecule has 0 atom stereocenters. The average Bonchev–Trinajstić information content (AvgIpc) is 2.63. The summed E-state index contributed by atoms with van der Waals surface area (Å²) in [5.41, 5.74) is 1.05. The predicted molar refractivity (Wildman–Crippen MR) is 106 cm³/mol. The average molecular weight is 393 g/mol. The maximum atomic E-state index is 11.3. The van der Waals surface area contributed by atoms with Gasteiger partial charge in [-0.3, -0.25) is 4.55 Å². The number of phenols is 1. The van der Waals surface area contributed by atoms with Gasteiger partial charge in [0.15, 0.2) is 0 Å². The molecular weight excluding hydrogens is 364 g/mol. The fraction of sp³-hybridized carbons (Fsp3) is 0.429. The van der Waals surface area contributed by atoms with Gasteiger partial charge >= 0.3 is 0 Å². The maximum absolute atomic E-state index is 11.3. The minimum absolute atomic E-state index is 0.243. The second kappa shape index (κ2) is 10.3. The van der Waals surface area contributed by atoms with Crippen molar-refractivity contribution in [1.82, 2.24) is 0 Å². The highest BCUT2D eigenvalue weighted by Gasteiger charge is 2.17. The molecule has 0 aliphatic heterocycles. The van der Waals surface area contributed by atoms with E-state index < -0.39 is 20.8 Å². The molecule has 0 aromatic heterocycles. The largest absolute Gasteiger partial charge is 0.506 e. The third-order valence-corrected chi connectivity index (χ3v) is 5.34. The Kier molecular flexibility index (Phi) is 8.13. The normalized spacial score (nSPS) is 11.5. The Morgan fingerprint density at radius 1 is 0.926 bits per heavy atom. The summed E-state index contributed by atoms with van der Waals surface area (Å²) in [6.07, 6.45) is 9.48. The number of hydrogen-bond acceptors (Lipinski definition) is 4. The van der Waals surface area contributed by atoms with Gasteiger partial charge in [0.25, 0.3) is 10.1 Å². The van der Waals surface area contributed by atoms with Crippen molar-refractivity contribution in [2.45, 2.75) is 63.2 Å². The van der Waals surface area contributed by atoms with Crippen LogP contribution < -0.4 is 4.74 Å². The molecule has 2 rings (SSSR count). The molecule has 148 valence electrons. The molecule has 2 aromatic rings. The standard InChI is InChI=1S/C21H28O5S/c1-2-3-4-5-6-7-8-11-17-12-9-10-13-20(17)26-18-14-15-19(22)21(16-18)27(23,24)25/h9-10,12-16,22H,2-8,11H2,1H3,(H,23,24,25). The number of aryl methyl sites for hydroxylation is 1. The SMILES string of the molecule is CCCCCCCCCc1ccccc1Oc1ccc(O)c(S(=O)(=O)O)c1. The van der Waals surface area contributed by atoms with Gasteiger partial charge in [-0.15, -0.1) is 0 Å². The van der Waals surface area contributed by atoms with E-state index in [0.717, 1.165) is 24.5 Å². The van der Waals surface area contributed by atoms with Crippen molar-refractivity contribution in [3.63, 3.8) is 0 Å². The lowest BCUT2D eigenvalue weighted by Crippen LogP contribution is -1.99. The fourth-order valence-electron chi connectivity index (χ4n) is 2.97. The second-order valence-corrected chi connectivity index (χ2v) is 8.08. The highest BCUT2D eigenvalue weighted by Crippen LogP contribution is 2.32. The molecular formula is C21H28O5S. The Labute approximate surface area is 161 Å². The zero-order chi connectivity index (χ0) is 19.7. The van der Waals surface area contributed by atoms with Crippen molar-refractivity contribution in [2.75, 3.05) is 0 Å². The van der Waals surface area contributed by atoms with Crippen LogP contribution in [0.15, 0.2) is 47.4 Å². The smallest absolute Gasteiger partial charge is 0.298 e. The molecule has 2 aromatic carbocycles. The van der Waals surface area contributed by atoms with Crippen LogP contribution in [0.4, 0.5) is 0 Å². The van der Waals surface area contributed by atoms with E-state index in [1.165, 1.54) is 50.7 Å². The van der Waals surface area contributed by atoms with Gasteiger partial charge < -0.3 is 9.84 Å². The number of ether oxygens (including phenoxy) is 1. The van der Waals surface area contributed by atoms with Crippen molar-refractivity contribution in [3.05, 3.63) is 48.0 Å². The number of unbranched alkanes of at least 4 members (excludes halogenated alkanes) is 6. The van der Waals surface area contributed by atoms with E-state index in [0.29, 0.717) is 5.75 Å². The van der Waals surface area contributed by atoms with Crippen molar-refractivity contribution >= 4 is 10.1 Å². The Morgan fingerprint density at radius 3 is 2.30 bits per heavy atom. The molecule has 0 spiro atoms. The zero-order valence-corrected chi connectivity index (χ0v) is 16.5. The summed E-state index contributed by atoms with van der Waals surface area (Å²) in [6, 6.07) is 11.4. The lowest BCUT2D eigenvalue weighted by Gasteiger charge is -2.12. The maximum Gasteiger partial charge on any atom is 0.298 e. The molecule has 5 nitrogen and oxygen atoms in total. The molecule has 0 bridgehead atoms. The van der Waals surface area contributed by atoms with E-state index in [1.807, 2.05) is 24.3 Å². The van der Waals surface area contributed by atoms with E-state index in [2.05, 4.69) is 6.92 Å². The van der Waals surface area contributed by atoms with Crippen molar-refractivity contribution in [1.29, 1.82) is 0 Å². The van der Waals surface area contributed by atoms with E-state index in [4.69, 9.17) is 4.74 Å². The van der Waals surface area contributed by atoms with Gasteiger partial charge in [0.1, 0.15) is 22.1 Å². The molecule has 0 aliphatic carbocycles. The topological polar surface area (TPSA) is 83.8 Å². The van der Waals surface area contributed by atoms with Crippen LogP contribution in [0.25, 0.3) is 0 Å². The minimum atomic E-state index is -4.52. The predicted octanol–water partition coefficient (Wildman–Crippen LogP) is 5.72. The molecule has 0 aliphatic rings. The number of rotatable bonds is 11. The number of phenolic OH excluding ortho intramolecular Hbond substituents is 1. The first kappa shape index (κ1) is 21.3. The molecule has 0 unspecified atom stereocenters. The Balaban J connectivity index is 2.00. The Bertz CT molecular complexity index is 830. The van der Waals surface area contributed by atoms with Crippen LogP contribution in [0.5, 0.6) is 17.2 Å². The first-order valence-electron chi connectivity index (χ1n) is 9.48. The Hall–Kier alpha value is -2.05. The van der Waals surface area contributed by atoms with Gasteiger partial charge in [-0.1, -0.05) is 63.6 Å². The number of hydrogen-bond donors (Lipinski definition) is 2. The molecule has 27 heavy (non-hydrogen) atoms. The highest BCUT2D eigenvalue weighted by molar-refractivity contribution is 7.86. The third kappa shape index (κ3) is 6.88. The molecule has 0 amide bonds. The molecule has 0 saturated carbocycles. The summed E-state index contributed by atoms with van der Waals surface area (Å²) in [5.74, 6) is 0.379. The molecule has 0 fully saturated rings. The van der Waals surface area contributed by atoms with Crippen LogP contribution in [-0.2, 0) is 16.5 Å². The third-order valence-electron chi connectivity index (χ3n) is 4.46. The summed E-state index contributed by atoms with van der Waals surface area (Å²) in [6.45, 7) is 2.21. The molecule has 2 N–H and O–H groups in total.